The molecule has 4 heteroatoms. The van der Waals surface area contributed by atoms with E-state index in [0.29, 0.717) is 11.2 Å². The predicted molar refractivity (Wildman–Crippen MR) is 96.7 cm³/mol. The molecule has 1 heterocycles. The van der Waals surface area contributed by atoms with E-state index in [4.69, 9.17) is 4.74 Å². The maximum absolute atomic E-state index is 5.89. The zero-order chi connectivity index (χ0) is 14.5. The quantitative estimate of drug-likeness (QED) is 0.671. The highest BCUT2D eigenvalue weighted by Gasteiger charge is 2.17. The molecule has 1 saturated heterocycles. The largest absolute Gasteiger partial charge is 0.489 e. The molecule has 0 radical (unpaired) electrons. The minimum absolute atomic E-state index is 0.609. The topological polar surface area (TPSA) is 9.23 Å². The highest BCUT2D eigenvalue weighted by Crippen LogP contribution is 2.45. The molecule has 0 bridgehead atoms. The van der Waals surface area contributed by atoms with Crippen molar-refractivity contribution in [2.75, 3.05) is 17.8 Å². The molecule has 0 saturated carbocycles. The second-order valence-electron chi connectivity index (χ2n) is 4.78. The Morgan fingerprint density at radius 1 is 1.10 bits per heavy atom. The van der Waals surface area contributed by atoms with Gasteiger partial charge in [0.05, 0.1) is 4.58 Å². The Kier molecular flexibility index (Phi) is 5.44. The zero-order valence-corrected chi connectivity index (χ0v) is 14.4. The van der Waals surface area contributed by atoms with Crippen molar-refractivity contribution in [2.45, 2.75) is 16.1 Å². The van der Waals surface area contributed by atoms with Gasteiger partial charge >= 0.3 is 0 Å². The van der Waals surface area contributed by atoms with Gasteiger partial charge in [0.15, 0.2) is 0 Å². The van der Waals surface area contributed by atoms with Gasteiger partial charge in [-0.15, -0.1) is 35.3 Å². The third-order valence-corrected chi connectivity index (χ3v) is 7.14. The average molecular weight is 335 g/mol. The van der Waals surface area contributed by atoms with Gasteiger partial charge in [0.2, 0.25) is 0 Å². The third kappa shape index (κ3) is 4.15. The highest BCUT2D eigenvalue weighted by molar-refractivity contribution is 8.19. The Bertz CT molecular complexity index is 577. The van der Waals surface area contributed by atoms with Crippen LogP contribution in [-0.4, -0.2) is 17.8 Å². The van der Waals surface area contributed by atoms with Crippen molar-refractivity contribution >= 4 is 35.3 Å². The molecular weight excluding hydrogens is 316 g/mol. The maximum Gasteiger partial charge on any atom is 0.119 e. The van der Waals surface area contributed by atoms with Crippen molar-refractivity contribution < 1.29 is 4.74 Å². The Morgan fingerprint density at radius 3 is 2.57 bits per heavy atom. The molecule has 21 heavy (non-hydrogen) atoms. The lowest BCUT2D eigenvalue weighted by Gasteiger charge is -2.10. The minimum Gasteiger partial charge on any atom is -0.489 e. The number of hydrogen-bond acceptors (Lipinski definition) is 4. The first kappa shape index (κ1) is 15.2. The monoisotopic (exact) mass is 334 g/mol. The summed E-state index contributed by atoms with van der Waals surface area (Å²) in [7, 11) is 0. The average Bonchev–Trinajstić information content (AvgIpc) is 3.08. The van der Waals surface area contributed by atoms with Crippen LogP contribution in [0.3, 0.4) is 0 Å². The lowest BCUT2D eigenvalue weighted by Crippen LogP contribution is -1.95. The van der Waals surface area contributed by atoms with Gasteiger partial charge < -0.3 is 4.74 Å². The summed E-state index contributed by atoms with van der Waals surface area (Å²) in [6.45, 7) is 0.626. The number of rotatable bonds is 5. The van der Waals surface area contributed by atoms with Crippen LogP contribution in [0.25, 0.3) is 0 Å². The fourth-order valence-corrected chi connectivity index (χ4v) is 5.54. The SMILES string of the molecule is CSc1cccc(COc2ccc(C3SCCS3)cc2)c1. The molecule has 1 fully saturated rings. The van der Waals surface area contributed by atoms with Crippen molar-refractivity contribution in [2.24, 2.45) is 0 Å². The number of ether oxygens (including phenoxy) is 1. The van der Waals surface area contributed by atoms with E-state index in [-0.39, 0.29) is 0 Å². The van der Waals surface area contributed by atoms with Crippen molar-refractivity contribution in [1.82, 2.24) is 0 Å². The summed E-state index contributed by atoms with van der Waals surface area (Å²) in [6.07, 6.45) is 2.09. The van der Waals surface area contributed by atoms with Gasteiger partial charge in [-0.1, -0.05) is 24.3 Å². The van der Waals surface area contributed by atoms with Crippen LogP contribution >= 0.6 is 35.3 Å². The van der Waals surface area contributed by atoms with E-state index in [0.717, 1.165) is 5.75 Å². The molecule has 0 spiro atoms. The number of hydrogen-bond donors (Lipinski definition) is 0. The van der Waals surface area contributed by atoms with Gasteiger partial charge in [-0.3, -0.25) is 0 Å². The molecule has 2 aromatic carbocycles. The Labute approximate surface area is 139 Å². The van der Waals surface area contributed by atoms with E-state index < -0.39 is 0 Å². The van der Waals surface area contributed by atoms with Crippen LogP contribution in [0, 0.1) is 0 Å². The molecule has 0 N–H and O–H groups in total. The van der Waals surface area contributed by atoms with Gasteiger partial charge in [0.25, 0.3) is 0 Å². The highest BCUT2D eigenvalue weighted by atomic mass is 32.2. The van der Waals surface area contributed by atoms with Crippen LogP contribution in [0.15, 0.2) is 53.4 Å². The second-order valence-corrected chi connectivity index (χ2v) is 8.39. The van der Waals surface area contributed by atoms with Crippen LogP contribution in [0.4, 0.5) is 0 Å². The number of thioether (sulfide) groups is 3. The molecule has 0 amide bonds. The summed E-state index contributed by atoms with van der Waals surface area (Å²) in [4.78, 5) is 1.28. The molecular formula is C17H18OS3. The first-order chi connectivity index (χ1) is 10.3. The van der Waals surface area contributed by atoms with Gasteiger partial charge in [-0.05, 0) is 41.6 Å². The normalized spacial score (nSPS) is 15.3. The van der Waals surface area contributed by atoms with Gasteiger partial charge in [-0.2, -0.15) is 0 Å². The van der Waals surface area contributed by atoms with Crippen LogP contribution in [0.1, 0.15) is 15.7 Å². The molecule has 0 atom stereocenters. The first-order valence-electron chi connectivity index (χ1n) is 6.94. The second kappa shape index (κ2) is 7.52. The summed E-state index contributed by atoms with van der Waals surface area (Å²) in [5.74, 6) is 3.47. The molecule has 1 aliphatic rings. The predicted octanol–water partition coefficient (Wildman–Crippen LogP) is 5.47. The fourth-order valence-electron chi connectivity index (χ4n) is 2.20. The van der Waals surface area contributed by atoms with Crippen LogP contribution in [0.5, 0.6) is 5.75 Å². The van der Waals surface area contributed by atoms with Gasteiger partial charge in [-0.25, -0.2) is 0 Å². The first-order valence-corrected chi connectivity index (χ1v) is 10.3. The minimum atomic E-state index is 0.609. The summed E-state index contributed by atoms with van der Waals surface area (Å²) in [5.41, 5.74) is 2.62. The molecule has 0 unspecified atom stereocenters. The van der Waals surface area contributed by atoms with Crippen molar-refractivity contribution in [3.05, 3.63) is 59.7 Å². The van der Waals surface area contributed by atoms with E-state index in [1.165, 1.54) is 27.5 Å². The maximum atomic E-state index is 5.89. The van der Waals surface area contributed by atoms with E-state index in [2.05, 4.69) is 54.8 Å². The van der Waals surface area contributed by atoms with Crippen molar-refractivity contribution in [3.8, 4) is 5.75 Å². The molecule has 110 valence electrons. The Balaban J connectivity index is 1.59. The summed E-state index contributed by atoms with van der Waals surface area (Å²) < 4.78 is 6.49. The standard InChI is InChI=1S/C17H18OS3/c1-19-16-4-2-3-13(11-16)12-18-15-7-5-14(6-8-15)17-20-9-10-21-17/h2-8,11,17H,9-10,12H2,1H3. The van der Waals surface area contributed by atoms with E-state index in [9.17, 15) is 0 Å². The number of benzene rings is 2. The van der Waals surface area contributed by atoms with E-state index in [1.54, 1.807) is 11.8 Å². The van der Waals surface area contributed by atoms with E-state index in [1.807, 2.05) is 23.5 Å². The van der Waals surface area contributed by atoms with Gasteiger partial charge in [0.1, 0.15) is 12.4 Å². The Hall–Kier alpha value is -0.710. The van der Waals surface area contributed by atoms with Gasteiger partial charge in [0, 0.05) is 16.4 Å². The molecule has 1 aliphatic heterocycles. The lowest BCUT2D eigenvalue weighted by molar-refractivity contribution is 0.306. The molecule has 0 aliphatic carbocycles. The van der Waals surface area contributed by atoms with Crippen LogP contribution < -0.4 is 4.74 Å². The lowest BCUT2D eigenvalue weighted by atomic mass is 10.2. The fraction of sp³-hybridized carbons (Fsp3) is 0.294. The summed E-state index contributed by atoms with van der Waals surface area (Å²) in [5, 5.41) is 0. The summed E-state index contributed by atoms with van der Waals surface area (Å²) >= 11 is 5.83. The summed E-state index contributed by atoms with van der Waals surface area (Å²) in [6, 6.07) is 17.1. The van der Waals surface area contributed by atoms with Crippen LogP contribution in [0.2, 0.25) is 0 Å². The van der Waals surface area contributed by atoms with Crippen molar-refractivity contribution in [3.63, 3.8) is 0 Å². The molecule has 1 nitrogen and oxygen atoms in total. The third-order valence-electron chi connectivity index (χ3n) is 3.31. The van der Waals surface area contributed by atoms with Crippen molar-refractivity contribution in [1.29, 1.82) is 0 Å². The smallest absolute Gasteiger partial charge is 0.119 e. The van der Waals surface area contributed by atoms with E-state index >= 15 is 0 Å². The molecule has 0 aromatic heterocycles. The molecule has 2 aromatic rings. The Morgan fingerprint density at radius 2 is 1.86 bits per heavy atom. The zero-order valence-electron chi connectivity index (χ0n) is 12.0. The van der Waals surface area contributed by atoms with Crippen LogP contribution in [-0.2, 0) is 6.61 Å². The molecule has 3 rings (SSSR count).